The summed E-state index contributed by atoms with van der Waals surface area (Å²) in [5, 5.41) is 14.9. The number of aliphatic hydroxyl groups excluding tert-OH is 1. The van der Waals surface area contributed by atoms with E-state index in [1.165, 1.54) is 24.3 Å². The van der Waals surface area contributed by atoms with E-state index in [0.717, 1.165) is 42.6 Å². The molecule has 2 aliphatic heterocycles. The van der Waals surface area contributed by atoms with Gasteiger partial charge in [-0.05, 0) is 67.9 Å². The van der Waals surface area contributed by atoms with Crippen LogP contribution in [0.15, 0.2) is 47.8 Å². The van der Waals surface area contributed by atoms with E-state index in [4.69, 9.17) is 9.47 Å². The van der Waals surface area contributed by atoms with Crippen LogP contribution in [0.25, 0.3) is 10.6 Å². The molecule has 0 saturated carbocycles. The lowest BCUT2D eigenvalue weighted by atomic mass is 10.0. The monoisotopic (exact) mass is 533 g/mol. The second-order valence-electron chi connectivity index (χ2n) is 9.05. The van der Waals surface area contributed by atoms with Gasteiger partial charge >= 0.3 is 5.92 Å². The quantitative estimate of drug-likeness (QED) is 0.453. The summed E-state index contributed by atoms with van der Waals surface area (Å²) < 4.78 is 54.8. The van der Waals surface area contributed by atoms with Crippen molar-refractivity contribution in [1.82, 2.24) is 15.2 Å². The molecule has 7 nitrogen and oxygen atoms in total. The lowest BCUT2D eigenvalue weighted by Gasteiger charge is -2.30. The number of benzene rings is 2. The smallest absolute Gasteiger partial charge is 0.366 e. The first-order valence-electron chi connectivity index (χ1n) is 12.0. The van der Waals surface area contributed by atoms with Crippen LogP contribution in [0.1, 0.15) is 30.2 Å². The maximum absolute atomic E-state index is 15.2. The van der Waals surface area contributed by atoms with Crippen molar-refractivity contribution in [3.05, 3.63) is 64.9 Å². The average Bonchev–Trinajstić information content (AvgIpc) is 3.61. The number of ether oxygens (including phenoxy) is 2. The molecule has 1 fully saturated rings. The molecular weight excluding hydrogens is 507 g/mol. The van der Waals surface area contributed by atoms with Gasteiger partial charge in [-0.15, -0.1) is 11.3 Å². The third-order valence-corrected chi connectivity index (χ3v) is 7.35. The molecule has 0 radical (unpaired) electrons. The Morgan fingerprint density at radius 3 is 2.54 bits per heavy atom. The van der Waals surface area contributed by atoms with Crippen molar-refractivity contribution < 1.29 is 32.5 Å². The fraction of sp³-hybridized carbons (Fsp3) is 0.385. The van der Waals surface area contributed by atoms with Crippen molar-refractivity contribution in [1.29, 1.82) is 0 Å². The van der Waals surface area contributed by atoms with E-state index in [1.807, 2.05) is 4.90 Å². The average molecular weight is 534 g/mol. The Kier molecular flexibility index (Phi) is 7.36. The van der Waals surface area contributed by atoms with Gasteiger partial charge in [0.15, 0.2) is 11.5 Å². The summed E-state index contributed by atoms with van der Waals surface area (Å²) in [6.45, 7) is 2.49. The number of likely N-dealkylation sites (tertiary alicyclic amines) is 1. The van der Waals surface area contributed by atoms with E-state index in [-0.39, 0.29) is 11.6 Å². The first-order valence-corrected chi connectivity index (χ1v) is 12.9. The van der Waals surface area contributed by atoms with Crippen LogP contribution in [-0.2, 0) is 10.7 Å². The van der Waals surface area contributed by atoms with Crippen molar-refractivity contribution >= 4 is 17.2 Å². The van der Waals surface area contributed by atoms with Crippen molar-refractivity contribution in [3.63, 3.8) is 0 Å². The zero-order valence-corrected chi connectivity index (χ0v) is 20.6. The molecule has 3 aromatic rings. The molecule has 3 heterocycles. The molecule has 0 spiro atoms. The highest BCUT2D eigenvalue weighted by atomic mass is 32.1. The van der Waals surface area contributed by atoms with Gasteiger partial charge in [0.05, 0.1) is 6.04 Å². The van der Waals surface area contributed by atoms with Gasteiger partial charge in [-0.1, -0.05) is 6.07 Å². The highest BCUT2D eigenvalue weighted by Crippen LogP contribution is 2.35. The summed E-state index contributed by atoms with van der Waals surface area (Å²) in [5.41, 5.74) is 0.183. The number of aliphatic hydroxyl groups is 1. The van der Waals surface area contributed by atoms with Crippen LogP contribution in [0.5, 0.6) is 11.5 Å². The van der Waals surface area contributed by atoms with Gasteiger partial charge in [0.25, 0.3) is 5.91 Å². The Balaban J connectivity index is 1.36. The summed E-state index contributed by atoms with van der Waals surface area (Å²) in [6, 6.07) is 9.19. The number of aromatic nitrogens is 1. The predicted molar refractivity (Wildman–Crippen MR) is 131 cm³/mol. The molecule has 1 amide bonds. The summed E-state index contributed by atoms with van der Waals surface area (Å²) >= 11 is 0.937. The molecular formula is C26H26F3N3O4S. The first kappa shape index (κ1) is 25.5. The van der Waals surface area contributed by atoms with Crippen LogP contribution in [0.3, 0.4) is 0 Å². The summed E-state index contributed by atoms with van der Waals surface area (Å²) in [7, 11) is 0. The van der Waals surface area contributed by atoms with E-state index in [0.29, 0.717) is 35.8 Å². The van der Waals surface area contributed by atoms with Gasteiger partial charge in [0.2, 0.25) is 0 Å². The van der Waals surface area contributed by atoms with Gasteiger partial charge in [-0.2, -0.15) is 8.78 Å². The number of hydrogen-bond donors (Lipinski definition) is 2. The summed E-state index contributed by atoms with van der Waals surface area (Å²) in [5.74, 6) is -4.95. The molecule has 0 bridgehead atoms. The zero-order chi connectivity index (χ0) is 26.0. The van der Waals surface area contributed by atoms with Gasteiger partial charge in [0, 0.05) is 17.5 Å². The van der Waals surface area contributed by atoms with Crippen molar-refractivity contribution in [3.8, 4) is 22.1 Å². The number of nitrogens with zero attached hydrogens (tertiary/aromatic N) is 2. The molecule has 2 atom stereocenters. The van der Waals surface area contributed by atoms with Gasteiger partial charge in [0.1, 0.15) is 35.8 Å². The fourth-order valence-electron chi connectivity index (χ4n) is 4.46. The third-order valence-electron chi connectivity index (χ3n) is 6.46. The van der Waals surface area contributed by atoms with Crippen LogP contribution in [0.4, 0.5) is 13.2 Å². The minimum absolute atomic E-state index is 0.204. The minimum Gasteiger partial charge on any atom is -0.486 e. The van der Waals surface area contributed by atoms with Crippen molar-refractivity contribution in [2.24, 2.45) is 0 Å². The van der Waals surface area contributed by atoms with Gasteiger partial charge in [-0.3, -0.25) is 4.79 Å². The lowest BCUT2D eigenvalue weighted by Crippen LogP contribution is -2.51. The number of carbonyl (C=O) groups excluding carboxylic acids is 1. The third kappa shape index (κ3) is 5.58. The maximum Gasteiger partial charge on any atom is 0.366 e. The van der Waals surface area contributed by atoms with Crippen LogP contribution < -0.4 is 14.8 Å². The highest BCUT2D eigenvalue weighted by Gasteiger charge is 2.45. The van der Waals surface area contributed by atoms with Crippen LogP contribution in [0, 0.1) is 5.82 Å². The van der Waals surface area contributed by atoms with E-state index in [1.54, 1.807) is 18.2 Å². The van der Waals surface area contributed by atoms with Crippen molar-refractivity contribution in [2.45, 2.75) is 30.9 Å². The van der Waals surface area contributed by atoms with E-state index >= 15 is 8.78 Å². The topological polar surface area (TPSA) is 83.9 Å². The number of hydrogen-bond acceptors (Lipinski definition) is 7. The lowest BCUT2D eigenvalue weighted by molar-refractivity contribution is -0.149. The molecule has 1 saturated heterocycles. The van der Waals surface area contributed by atoms with Crippen LogP contribution >= 0.6 is 11.3 Å². The second-order valence-corrected chi connectivity index (χ2v) is 9.91. The second kappa shape index (κ2) is 10.7. The predicted octanol–water partition coefficient (Wildman–Crippen LogP) is 4.13. The maximum atomic E-state index is 15.2. The number of alkyl halides is 2. The largest absolute Gasteiger partial charge is 0.486 e. The standard InChI is InChI=1S/C26H26F3N3O4S/c27-18-6-3-16(4-7-18)24-31-22(15-37-24)26(28,29)25(34)30-19(14-32-9-1-2-10-32)23(33)17-5-8-20-21(13-17)36-12-11-35-20/h3-8,13,15,19,23,33H,1-2,9-12,14H2,(H,30,34)/t19-,23-/m1/s1. The number of thiazole rings is 1. The SMILES string of the molecule is O=C(N[C@H](CN1CCCC1)[C@H](O)c1ccc2c(c1)OCCO2)C(F)(F)c1csc(-c2ccc(F)cc2)n1. The summed E-state index contributed by atoms with van der Waals surface area (Å²) in [4.78, 5) is 18.9. The summed E-state index contributed by atoms with van der Waals surface area (Å²) in [6.07, 6.45) is 0.658. The van der Waals surface area contributed by atoms with Crippen LogP contribution in [-0.4, -0.2) is 59.8 Å². The van der Waals surface area contributed by atoms with Crippen LogP contribution in [0.2, 0.25) is 0 Å². The van der Waals surface area contributed by atoms with E-state index < -0.39 is 35.5 Å². The molecule has 0 aliphatic carbocycles. The zero-order valence-electron chi connectivity index (χ0n) is 19.8. The molecule has 0 unspecified atom stereocenters. The molecule has 2 aromatic carbocycles. The molecule has 5 rings (SSSR count). The Morgan fingerprint density at radius 1 is 1.11 bits per heavy atom. The number of rotatable bonds is 8. The Hall–Kier alpha value is -3.15. The molecule has 196 valence electrons. The first-order chi connectivity index (χ1) is 17.8. The Morgan fingerprint density at radius 2 is 1.81 bits per heavy atom. The number of carbonyl (C=O) groups is 1. The molecule has 1 aromatic heterocycles. The molecule has 2 N–H and O–H groups in total. The number of halogens is 3. The van der Waals surface area contributed by atoms with E-state index in [9.17, 15) is 14.3 Å². The molecule has 2 aliphatic rings. The number of amides is 1. The number of nitrogens with one attached hydrogen (secondary N) is 1. The van der Waals surface area contributed by atoms with E-state index in [2.05, 4.69) is 10.3 Å². The Bertz CT molecular complexity index is 1250. The molecule has 11 heteroatoms. The highest BCUT2D eigenvalue weighted by molar-refractivity contribution is 7.13. The minimum atomic E-state index is -3.94. The number of fused-ring (bicyclic) bond motifs is 1. The normalized spacial score (nSPS) is 17.4. The molecule has 37 heavy (non-hydrogen) atoms. The fourth-order valence-corrected chi connectivity index (χ4v) is 5.31. The Labute approximate surface area is 215 Å². The van der Waals surface area contributed by atoms with Gasteiger partial charge in [-0.25, -0.2) is 9.37 Å². The van der Waals surface area contributed by atoms with Gasteiger partial charge < -0.3 is 24.8 Å². The van der Waals surface area contributed by atoms with Crippen molar-refractivity contribution in [2.75, 3.05) is 32.8 Å².